The average Bonchev–Trinajstić information content (AvgIpc) is 3.12. The van der Waals surface area contributed by atoms with Gasteiger partial charge < -0.3 is 10.1 Å². The fourth-order valence-electron chi connectivity index (χ4n) is 3.47. The van der Waals surface area contributed by atoms with Crippen LogP contribution in [0.3, 0.4) is 0 Å². The molecule has 2 heterocycles. The van der Waals surface area contributed by atoms with Crippen LogP contribution in [0.15, 0.2) is 57.3 Å². The molecule has 1 aliphatic rings. The molecule has 30 heavy (non-hydrogen) atoms. The molecular weight excluding hydrogens is 418 g/mol. The fraction of sp³-hybridized carbons (Fsp3) is 0.318. The lowest BCUT2D eigenvalue weighted by Crippen LogP contribution is -2.27. The van der Waals surface area contributed by atoms with E-state index >= 15 is 0 Å². The molecule has 0 bridgehead atoms. The number of thioether (sulfide) groups is 2. The Morgan fingerprint density at radius 2 is 2.10 bits per heavy atom. The molecule has 0 aliphatic carbocycles. The second-order valence-corrected chi connectivity index (χ2v) is 9.51. The van der Waals surface area contributed by atoms with Gasteiger partial charge in [0.15, 0.2) is 5.16 Å². The second kappa shape index (κ2) is 9.24. The zero-order valence-electron chi connectivity index (χ0n) is 16.9. The largest absolute Gasteiger partial charge is 0.383 e. The third-order valence-corrected chi connectivity index (χ3v) is 7.07. The van der Waals surface area contributed by atoms with Crippen LogP contribution in [0.1, 0.15) is 12.6 Å². The predicted molar refractivity (Wildman–Crippen MR) is 123 cm³/mol. The Morgan fingerprint density at radius 1 is 1.30 bits per heavy atom. The second-order valence-electron chi connectivity index (χ2n) is 7.12. The molecule has 0 spiro atoms. The Hall–Kier alpha value is -2.29. The van der Waals surface area contributed by atoms with E-state index < -0.39 is 0 Å². The lowest BCUT2D eigenvalue weighted by molar-refractivity contribution is -0.113. The highest BCUT2D eigenvalue weighted by atomic mass is 32.2. The number of fused-ring (bicyclic) bond motifs is 2. The summed E-state index contributed by atoms with van der Waals surface area (Å²) in [5.74, 6) is 0.0385. The SMILES string of the molecule is COCCn1c(SCC(=O)Nc2cccc3ccccc23)nc2c(c1=O)S[C@@H](C)C2. The summed E-state index contributed by atoms with van der Waals surface area (Å²) in [4.78, 5) is 31.0. The van der Waals surface area contributed by atoms with Gasteiger partial charge in [0.1, 0.15) is 0 Å². The van der Waals surface area contributed by atoms with Crippen LogP contribution in [-0.2, 0) is 22.5 Å². The van der Waals surface area contributed by atoms with Crippen molar-refractivity contribution in [3.8, 4) is 0 Å². The van der Waals surface area contributed by atoms with E-state index in [1.54, 1.807) is 23.4 Å². The van der Waals surface area contributed by atoms with Gasteiger partial charge >= 0.3 is 0 Å². The van der Waals surface area contributed by atoms with E-state index in [1.165, 1.54) is 11.8 Å². The molecule has 1 aromatic heterocycles. The predicted octanol–water partition coefficient (Wildman–Crippen LogP) is 3.81. The third kappa shape index (κ3) is 4.40. The maximum absolute atomic E-state index is 12.9. The number of ether oxygens (including phenoxy) is 1. The molecule has 156 valence electrons. The molecule has 3 aromatic rings. The Labute approximate surface area is 183 Å². The number of rotatable bonds is 7. The molecular formula is C22H23N3O3S2. The van der Waals surface area contributed by atoms with Crippen molar-refractivity contribution in [3.63, 3.8) is 0 Å². The first-order valence-corrected chi connectivity index (χ1v) is 11.6. The lowest BCUT2D eigenvalue weighted by Gasteiger charge is -2.13. The maximum atomic E-state index is 12.9. The summed E-state index contributed by atoms with van der Waals surface area (Å²) < 4.78 is 6.79. The summed E-state index contributed by atoms with van der Waals surface area (Å²) in [5, 5.41) is 5.96. The Bertz CT molecular complexity index is 1140. The first-order chi connectivity index (χ1) is 14.6. The van der Waals surface area contributed by atoms with Gasteiger partial charge in [-0.2, -0.15) is 0 Å². The van der Waals surface area contributed by atoms with E-state index in [0.717, 1.165) is 33.5 Å². The highest BCUT2D eigenvalue weighted by Gasteiger charge is 2.26. The quantitative estimate of drug-likeness (QED) is 0.444. The van der Waals surface area contributed by atoms with Gasteiger partial charge in [0.2, 0.25) is 5.91 Å². The standard InChI is InChI=1S/C22H23N3O3S2/c1-14-12-18-20(30-14)21(27)25(10-11-28-2)22(24-18)29-13-19(26)23-17-9-5-7-15-6-3-4-8-16(15)17/h3-9,14H,10-13H2,1-2H3,(H,23,26)/t14-/m0/s1. The summed E-state index contributed by atoms with van der Waals surface area (Å²) in [6, 6.07) is 13.8. The Morgan fingerprint density at radius 3 is 2.93 bits per heavy atom. The minimum Gasteiger partial charge on any atom is -0.383 e. The topological polar surface area (TPSA) is 73.2 Å². The highest BCUT2D eigenvalue weighted by Crippen LogP contribution is 2.34. The smallest absolute Gasteiger partial charge is 0.268 e. The van der Waals surface area contributed by atoms with Gasteiger partial charge in [0.25, 0.3) is 5.56 Å². The zero-order chi connectivity index (χ0) is 21.1. The van der Waals surface area contributed by atoms with Gasteiger partial charge in [-0.25, -0.2) is 4.98 Å². The number of methoxy groups -OCH3 is 1. The van der Waals surface area contributed by atoms with Crippen LogP contribution in [0.5, 0.6) is 0 Å². The number of aromatic nitrogens is 2. The molecule has 4 rings (SSSR count). The molecule has 6 nitrogen and oxygen atoms in total. The summed E-state index contributed by atoms with van der Waals surface area (Å²) in [7, 11) is 1.60. The summed E-state index contributed by atoms with van der Waals surface area (Å²) in [5.41, 5.74) is 1.58. The minimum absolute atomic E-state index is 0.0386. The van der Waals surface area contributed by atoms with Crippen LogP contribution >= 0.6 is 23.5 Å². The number of amides is 1. The van der Waals surface area contributed by atoms with E-state index in [4.69, 9.17) is 9.72 Å². The van der Waals surface area contributed by atoms with Gasteiger partial charge in [-0.3, -0.25) is 14.2 Å². The van der Waals surface area contributed by atoms with Crippen molar-refractivity contribution in [2.75, 3.05) is 24.8 Å². The summed E-state index contributed by atoms with van der Waals surface area (Å²) in [6.45, 7) is 2.92. The zero-order valence-corrected chi connectivity index (χ0v) is 18.5. The number of hydrogen-bond donors (Lipinski definition) is 1. The third-order valence-electron chi connectivity index (χ3n) is 4.88. The monoisotopic (exact) mass is 441 g/mol. The summed E-state index contributed by atoms with van der Waals surface area (Å²) >= 11 is 2.86. The molecule has 0 radical (unpaired) electrons. The highest BCUT2D eigenvalue weighted by molar-refractivity contribution is 8.00. The van der Waals surface area contributed by atoms with Gasteiger partial charge in [0, 0.05) is 29.9 Å². The fourth-order valence-corrected chi connectivity index (χ4v) is 5.43. The number of hydrogen-bond acceptors (Lipinski definition) is 6. The number of carbonyl (C=O) groups excluding carboxylic acids is 1. The van der Waals surface area contributed by atoms with Crippen LogP contribution in [-0.4, -0.2) is 40.2 Å². The van der Waals surface area contributed by atoms with E-state index in [0.29, 0.717) is 23.6 Å². The average molecular weight is 442 g/mol. The number of nitrogens with one attached hydrogen (secondary N) is 1. The first-order valence-electron chi connectivity index (χ1n) is 9.76. The molecule has 1 atom stereocenters. The number of nitrogens with zero attached hydrogens (tertiary/aromatic N) is 2. The Balaban J connectivity index is 1.53. The molecule has 1 amide bonds. The molecule has 2 aromatic carbocycles. The van der Waals surface area contributed by atoms with Crippen LogP contribution in [0.4, 0.5) is 5.69 Å². The van der Waals surface area contributed by atoms with E-state index in [2.05, 4.69) is 12.2 Å². The van der Waals surface area contributed by atoms with Gasteiger partial charge in [0.05, 0.1) is 29.5 Å². The molecule has 0 saturated carbocycles. The lowest BCUT2D eigenvalue weighted by atomic mass is 10.1. The number of benzene rings is 2. The van der Waals surface area contributed by atoms with Crippen molar-refractivity contribution in [2.45, 2.75) is 35.2 Å². The van der Waals surface area contributed by atoms with Crippen molar-refractivity contribution in [2.24, 2.45) is 0 Å². The van der Waals surface area contributed by atoms with E-state index in [9.17, 15) is 9.59 Å². The molecule has 0 saturated heterocycles. The number of carbonyl (C=O) groups is 1. The molecule has 1 aliphatic heterocycles. The normalized spacial score (nSPS) is 15.3. The molecule has 0 unspecified atom stereocenters. The van der Waals surface area contributed by atoms with Crippen molar-refractivity contribution in [3.05, 3.63) is 58.5 Å². The number of anilines is 1. The van der Waals surface area contributed by atoms with Crippen molar-refractivity contribution in [1.82, 2.24) is 9.55 Å². The van der Waals surface area contributed by atoms with E-state index in [-0.39, 0.29) is 17.2 Å². The first kappa shape index (κ1) is 21.0. The van der Waals surface area contributed by atoms with Crippen molar-refractivity contribution >= 4 is 45.9 Å². The molecule has 8 heteroatoms. The van der Waals surface area contributed by atoms with Crippen molar-refractivity contribution < 1.29 is 9.53 Å². The maximum Gasteiger partial charge on any atom is 0.268 e. The van der Waals surface area contributed by atoms with Crippen LogP contribution in [0.2, 0.25) is 0 Å². The van der Waals surface area contributed by atoms with Crippen molar-refractivity contribution in [1.29, 1.82) is 0 Å². The summed E-state index contributed by atoms with van der Waals surface area (Å²) in [6.07, 6.45) is 0.774. The van der Waals surface area contributed by atoms with Crippen LogP contribution in [0, 0.1) is 0 Å². The molecule has 1 N–H and O–H groups in total. The van der Waals surface area contributed by atoms with Gasteiger partial charge in [-0.15, -0.1) is 11.8 Å². The van der Waals surface area contributed by atoms with Gasteiger partial charge in [-0.05, 0) is 11.5 Å². The molecule has 0 fully saturated rings. The van der Waals surface area contributed by atoms with Gasteiger partial charge in [-0.1, -0.05) is 55.1 Å². The Kier molecular flexibility index (Phi) is 6.46. The van der Waals surface area contributed by atoms with Crippen LogP contribution in [0.25, 0.3) is 10.8 Å². The minimum atomic E-state index is -0.132. The van der Waals surface area contributed by atoms with Crippen LogP contribution < -0.4 is 10.9 Å². The van der Waals surface area contributed by atoms with E-state index in [1.807, 2.05) is 42.5 Å².